The molecule has 2 aromatic carbocycles. The van der Waals surface area contributed by atoms with Gasteiger partial charge in [0.1, 0.15) is 12.4 Å². The van der Waals surface area contributed by atoms with Crippen molar-refractivity contribution in [1.29, 1.82) is 0 Å². The van der Waals surface area contributed by atoms with Crippen molar-refractivity contribution in [2.45, 2.75) is 20.5 Å². The van der Waals surface area contributed by atoms with Crippen molar-refractivity contribution in [3.63, 3.8) is 0 Å². The SMILES string of the molecule is C=Cc1cc(C)c(OCc2ccccc2)c(C)c1. The standard InChI is InChI=1S/C17H18O/c1-4-15-10-13(2)17(14(3)11-15)18-12-16-8-6-5-7-9-16/h4-11H,1,12H2,2-3H3. The summed E-state index contributed by atoms with van der Waals surface area (Å²) in [5.41, 5.74) is 4.63. The Hall–Kier alpha value is -2.02. The molecular formula is C17H18O. The predicted octanol–water partition coefficient (Wildman–Crippen LogP) is 4.53. The van der Waals surface area contributed by atoms with Gasteiger partial charge in [-0.3, -0.25) is 0 Å². The van der Waals surface area contributed by atoms with Gasteiger partial charge in [0.2, 0.25) is 0 Å². The van der Waals surface area contributed by atoms with Gasteiger partial charge in [-0.05, 0) is 48.2 Å². The molecule has 0 aromatic heterocycles. The highest BCUT2D eigenvalue weighted by molar-refractivity contribution is 5.54. The van der Waals surface area contributed by atoms with Crippen LogP contribution in [0.3, 0.4) is 0 Å². The molecule has 0 unspecified atom stereocenters. The van der Waals surface area contributed by atoms with Gasteiger partial charge in [0.25, 0.3) is 0 Å². The van der Waals surface area contributed by atoms with Crippen LogP contribution in [-0.2, 0) is 6.61 Å². The summed E-state index contributed by atoms with van der Waals surface area (Å²) in [5, 5.41) is 0. The molecule has 2 rings (SSSR count). The molecule has 0 amide bonds. The molecule has 0 atom stereocenters. The zero-order chi connectivity index (χ0) is 13.0. The van der Waals surface area contributed by atoms with E-state index in [0.29, 0.717) is 6.61 Å². The Bertz CT molecular complexity index is 518. The predicted molar refractivity (Wildman–Crippen MR) is 76.8 cm³/mol. The van der Waals surface area contributed by atoms with E-state index in [2.05, 4.69) is 44.7 Å². The van der Waals surface area contributed by atoms with Crippen LogP contribution in [0.15, 0.2) is 49.0 Å². The van der Waals surface area contributed by atoms with E-state index >= 15 is 0 Å². The monoisotopic (exact) mass is 238 g/mol. The summed E-state index contributed by atoms with van der Waals surface area (Å²) in [4.78, 5) is 0. The van der Waals surface area contributed by atoms with Crippen LogP contribution >= 0.6 is 0 Å². The van der Waals surface area contributed by atoms with Gasteiger partial charge in [-0.1, -0.05) is 43.0 Å². The lowest BCUT2D eigenvalue weighted by Crippen LogP contribution is -1.99. The molecule has 0 aliphatic rings. The lowest BCUT2D eigenvalue weighted by Gasteiger charge is -2.13. The van der Waals surface area contributed by atoms with Crippen molar-refractivity contribution in [3.8, 4) is 5.75 Å². The highest BCUT2D eigenvalue weighted by atomic mass is 16.5. The van der Waals surface area contributed by atoms with Crippen LogP contribution in [0.25, 0.3) is 6.08 Å². The summed E-state index contributed by atoms with van der Waals surface area (Å²) >= 11 is 0. The van der Waals surface area contributed by atoms with E-state index in [1.54, 1.807) is 0 Å². The Balaban J connectivity index is 2.17. The molecule has 1 nitrogen and oxygen atoms in total. The van der Waals surface area contributed by atoms with Crippen LogP contribution < -0.4 is 4.74 Å². The van der Waals surface area contributed by atoms with Gasteiger partial charge >= 0.3 is 0 Å². The van der Waals surface area contributed by atoms with Crippen molar-refractivity contribution in [3.05, 3.63) is 71.3 Å². The third-order valence-electron chi connectivity index (χ3n) is 2.94. The minimum atomic E-state index is 0.607. The lowest BCUT2D eigenvalue weighted by atomic mass is 10.1. The number of benzene rings is 2. The molecule has 0 heterocycles. The molecule has 18 heavy (non-hydrogen) atoms. The van der Waals surface area contributed by atoms with Crippen molar-refractivity contribution in [1.82, 2.24) is 0 Å². The van der Waals surface area contributed by atoms with Crippen LogP contribution in [0.5, 0.6) is 5.75 Å². The van der Waals surface area contributed by atoms with Gasteiger partial charge in [-0.15, -0.1) is 0 Å². The zero-order valence-corrected chi connectivity index (χ0v) is 10.9. The first-order valence-electron chi connectivity index (χ1n) is 6.11. The average Bonchev–Trinajstić information content (AvgIpc) is 2.38. The van der Waals surface area contributed by atoms with Crippen LogP contribution in [0, 0.1) is 13.8 Å². The Morgan fingerprint density at radius 1 is 1.06 bits per heavy atom. The summed E-state index contributed by atoms with van der Waals surface area (Å²) in [6.45, 7) is 8.54. The molecule has 0 saturated heterocycles. The second-order valence-corrected chi connectivity index (χ2v) is 4.46. The normalized spacial score (nSPS) is 10.1. The first-order chi connectivity index (χ1) is 8.70. The van der Waals surface area contributed by atoms with E-state index in [1.165, 1.54) is 5.56 Å². The highest BCUT2D eigenvalue weighted by Gasteiger charge is 2.05. The topological polar surface area (TPSA) is 9.23 Å². The van der Waals surface area contributed by atoms with Crippen LogP contribution in [0.4, 0.5) is 0 Å². The number of rotatable bonds is 4. The number of hydrogen-bond acceptors (Lipinski definition) is 1. The number of ether oxygens (including phenoxy) is 1. The molecule has 1 heteroatoms. The van der Waals surface area contributed by atoms with Crippen LogP contribution in [0.1, 0.15) is 22.3 Å². The Kier molecular flexibility index (Phi) is 3.83. The fraction of sp³-hybridized carbons (Fsp3) is 0.176. The van der Waals surface area contributed by atoms with E-state index in [1.807, 2.05) is 24.3 Å². The molecule has 0 radical (unpaired) electrons. The van der Waals surface area contributed by atoms with Gasteiger partial charge in [0.15, 0.2) is 0 Å². The average molecular weight is 238 g/mol. The van der Waals surface area contributed by atoms with E-state index in [4.69, 9.17) is 4.74 Å². The summed E-state index contributed by atoms with van der Waals surface area (Å²) in [6, 6.07) is 14.4. The Morgan fingerprint density at radius 3 is 2.22 bits per heavy atom. The number of aryl methyl sites for hydroxylation is 2. The fourth-order valence-corrected chi connectivity index (χ4v) is 2.06. The van der Waals surface area contributed by atoms with E-state index in [-0.39, 0.29) is 0 Å². The van der Waals surface area contributed by atoms with Crippen molar-refractivity contribution in [2.75, 3.05) is 0 Å². The third kappa shape index (κ3) is 2.80. The maximum atomic E-state index is 5.92. The summed E-state index contributed by atoms with van der Waals surface area (Å²) in [5.74, 6) is 0.976. The minimum absolute atomic E-state index is 0.607. The van der Waals surface area contributed by atoms with Gasteiger partial charge in [0, 0.05) is 0 Å². The summed E-state index contributed by atoms with van der Waals surface area (Å²) in [7, 11) is 0. The molecule has 0 fully saturated rings. The largest absolute Gasteiger partial charge is 0.488 e. The van der Waals surface area contributed by atoms with Gasteiger partial charge in [-0.25, -0.2) is 0 Å². The zero-order valence-electron chi connectivity index (χ0n) is 10.9. The second-order valence-electron chi connectivity index (χ2n) is 4.46. The van der Waals surface area contributed by atoms with Crippen molar-refractivity contribution < 1.29 is 4.74 Å². The molecule has 0 spiro atoms. The second kappa shape index (κ2) is 5.54. The van der Waals surface area contributed by atoms with Crippen molar-refractivity contribution in [2.24, 2.45) is 0 Å². The molecule has 2 aromatic rings. The first kappa shape index (κ1) is 12.4. The quantitative estimate of drug-likeness (QED) is 0.760. The van der Waals surface area contributed by atoms with Crippen molar-refractivity contribution >= 4 is 6.08 Å². The van der Waals surface area contributed by atoms with Crippen LogP contribution in [-0.4, -0.2) is 0 Å². The molecule has 0 N–H and O–H groups in total. The molecule has 0 aliphatic carbocycles. The fourth-order valence-electron chi connectivity index (χ4n) is 2.06. The van der Waals surface area contributed by atoms with E-state index in [9.17, 15) is 0 Å². The Morgan fingerprint density at radius 2 is 1.67 bits per heavy atom. The molecule has 0 saturated carbocycles. The first-order valence-corrected chi connectivity index (χ1v) is 6.11. The van der Waals surface area contributed by atoms with Crippen LogP contribution in [0.2, 0.25) is 0 Å². The van der Waals surface area contributed by atoms with E-state index in [0.717, 1.165) is 22.4 Å². The highest BCUT2D eigenvalue weighted by Crippen LogP contribution is 2.26. The number of hydrogen-bond donors (Lipinski definition) is 0. The van der Waals surface area contributed by atoms with Gasteiger partial charge in [-0.2, -0.15) is 0 Å². The molecule has 0 aliphatic heterocycles. The summed E-state index contributed by atoms with van der Waals surface area (Å²) in [6.07, 6.45) is 1.86. The van der Waals surface area contributed by atoms with Gasteiger partial charge in [0.05, 0.1) is 0 Å². The minimum Gasteiger partial charge on any atom is -0.488 e. The summed E-state index contributed by atoms with van der Waals surface area (Å²) < 4.78 is 5.92. The maximum absolute atomic E-state index is 5.92. The molecule has 0 bridgehead atoms. The Labute approximate surface area is 109 Å². The van der Waals surface area contributed by atoms with Gasteiger partial charge < -0.3 is 4.74 Å². The molecule has 92 valence electrons. The maximum Gasteiger partial charge on any atom is 0.125 e. The lowest BCUT2D eigenvalue weighted by molar-refractivity contribution is 0.302. The smallest absolute Gasteiger partial charge is 0.125 e. The van der Waals surface area contributed by atoms with E-state index < -0.39 is 0 Å². The molecular weight excluding hydrogens is 220 g/mol. The third-order valence-corrected chi connectivity index (χ3v) is 2.94.